The number of hydrogen-bond donors (Lipinski definition) is 1. The zero-order valence-electron chi connectivity index (χ0n) is 13.7. The molecule has 5 nitrogen and oxygen atoms in total. The number of carbonyl (C=O) groups is 2. The molecule has 5 heteroatoms. The second kappa shape index (κ2) is 6.77. The third-order valence-electron chi connectivity index (χ3n) is 4.56. The van der Waals surface area contributed by atoms with E-state index in [1.165, 1.54) is 4.90 Å². The Morgan fingerprint density at radius 2 is 1.86 bits per heavy atom. The predicted octanol–water partition coefficient (Wildman–Crippen LogP) is 2.22. The second-order valence-electron chi connectivity index (χ2n) is 6.87. The maximum absolute atomic E-state index is 12.6. The van der Waals surface area contributed by atoms with E-state index >= 15 is 0 Å². The molecule has 1 spiro atoms. The summed E-state index contributed by atoms with van der Waals surface area (Å²) in [5.41, 5.74) is -0.614. The summed E-state index contributed by atoms with van der Waals surface area (Å²) < 4.78 is 0. The van der Waals surface area contributed by atoms with Crippen molar-refractivity contribution in [1.82, 2.24) is 15.1 Å². The van der Waals surface area contributed by atoms with Crippen LogP contribution in [0.2, 0.25) is 0 Å². The van der Waals surface area contributed by atoms with E-state index in [0.717, 1.165) is 51.7 Å². The molecule has 0 aromatic carbocycles. The molecule has 2 rings (SSSR count). The Kier molecular flexibility index (Phi) is 5.25. The van der Waals surface area contributed by atoms with Crippen LogP contribution in [0.15, 0.2) is 0 Å². The van der Waals surface area contributed by atoms with Gasteiger partial charge in [-0.2, -0.15) is 0 Å². The van der Waals surface area contributed by atoms with Gasteiger partial charge in [0, 0.05) is 26.2 Å². The number of imide groups is 1. The predicted molar refractivity (Wildman–Crippen MR) is 83.0 cm³/mol. The molecule has 120 valence electrons. The lowest BCUT2D eigenvalue weighted by molar-refractivity contribution is -0.133. The van der Waals surface area contributed by atoms with Crippen molar-refractivity contribution in [3.63, 3.8) is 0 Å². The van der Waals surface area contributed by atoms with E-state index in [4.69, 9.17) is 0 Å². The highest BCUT2D eigenvalue weighted by Crippen LogP contribution is 2.30. The largest absolute Gasteiger partial charge is 0.325 e. The molecule has 0 radical (unpaired) electrons. The Morgan fingerprint density at radius 3 is 2.43 bits per heavy atom. The minimum absolute atomic E-state index is 0.00722. The summed E-state index contributed by atoms with van der Waals surface area (Å²) in [6, 6.07) is -0.187. The van der Waals surface area contributed by atoms with Crippen LogP contribution in [0.4, 0.5) is 4.79 Å². The Bertz CT molecular complexity index is 387. The lowest BCUT2D eigenvalue weighted by Gasteiger charge is -2.38. The van der Waals surface area contributed by atoms with Crippen molar-refractivity contribution in [3.8, 4) is 0 Å². The lowest BCUT2D eigenvalue weighted by atomic mass is 9.87. The third kappa shape index (κ3) is 3.57. The molecule has 0 aromatic heterocycles. The first-order valence-corrected chi connectivity index (χ1v) is 8.35. The minimum atomic E-state index is -0.614. The van der Waals surface area contributed by atoms with Gasteiger partial charge in [-0.15, -0.1) is 0 Å². The van der Waals surface area contributed by atoms with Crippen molar-refractivity contribution in [2.45, 2.75) is 58.4 Å². The van der Waals surface area contributed by atoms with Crippen molar-refractivity contribution in [2.24, 2.45) is 5.92 Å². The first kappa shape index (κ1) is 16.3. The Morgan fingerprint density at radius 1 is 1.19 bits per heavy atom. The first-order chi connectivity index (χ1) is 9.98. The average molecular weight is 295 g/mol. The van der Waals surface area contributed by atoms with Crippen LogP contribution in [-0.2, 0) is 4.79 Å². The van der Waals surface area contributed by atoms with Crippen LogP contribution >= 0.6 is 0 Å². The second-order valence-corrected chi connectivity index (χ2v) is 6.87. The number of amides is 3. The average Bonchev–Trinajstić information content (AvgIpc) is 2.66. The summed E-state index contributed by atoms with van der Waals surface area (Å²) >= 11 is 0. The van der Waals surface area contributed by atoms with Crippen LogP contribution in [0.5, 0.6) is 0 Å². The van der Waals surface area contributed by atoms with E-state index in [1.807, 2.05) is 0 Å². The highest BCUT2D eigenvalue weighted by molar-refractivity contribution is 6.07. The molecule has 2 saturated heterocycles. The molecule has 0 aliphatic carbocycles. The Balaban J connectivity index is 1.92. The normalized spacial score (nSPS) is 22.4. The van der Waals surface area contributed by atoms with Gasteiger partial charge in [-0.3, -0.25) is 9.69 Å². The monoisotopic (exact) mass is 295 g/mol. The molecule has 0 unspecified atom stereocenters. The fourth-order valence-corrected chi connectivity index (χ4v) is 3.37. The van der Waals surface area contributed by atoms with Crippen LogP contribution in [0.3, 0.4) is 0 Å². The lowest BCUT2D eigenvalue weighted by Crippen LogP contribution is -2.55. The molecule has 2 aliphatic rings. The van der Waals surface area contributed by atoms with Gasteiger partial charge < -0.3 is 10.2 Å². The number of unbranched alkanes of at least 4 members (excludes halogenated alkanes) is 2. The van der Waals surface area contributed by atoms with Gasteiger partial charge in [-0.25, -0.2) is 4.79 Å². The molecule has 1 N–H and O–H groups in total. The van der Waals surface area contributed by atoms with Crippen LogP contribution in [0, 0.1) is 5.92 Å². The zero-order valence-corrected chi connectivity index (χ0v) is 13.7. The van der Waals surface area contributed by atoms with Gasteiger partial charge in [0.25, 0.3) is 5.91 Å². The highest BCUT2D eigenvalue weighted by Gasteiger charge is 2.51. The molecule has 21 heavy (non-hydrogen) atoms. The standard InChI is InChI=1S/C16H29N3O2/c1-4-5-6-9-19-14(20)16(17-15(19)21)7-10-18(11-8-16)12-13(2)3/h13H,4-12H2,1-3H3,(H,17,21). The molecule has 0 bridgehead atoms. The smallest absolute Gasteiger partial charge is 0.323 e. The number of piperidine rings is 1. The van der Waals surface area contributed by atoms with Gasteiger partial charge in [-0.1, -0.05) is 33.6 Å². The zero-order chi connectivity index (χ0) is 15.5. The maximum Gasteiger partial charge on any atom is 0.325 e. The van der Waals surface area contributed by atoms with Crippen molar-refractivity contribution >= 4 is 11.9 Å². The highest BCUT2D eigenvalue weighted by atomic mass is 16.2. The number of likely N-dealkylation sites (tertiary alicyclic amines) is 1. The Hall–Kier alpha value is -1.10. The van der Waals surface area contributed by atoms with Gasteiger partial charge >= 0.3 is 6.03 Å². The SMILES string of the molecule is CCCCCN1C(=O)NC2(CCN(CC(C)C)CC2)C1=O. The maximum atomic E-state index is 12.6. The molecule has 2 fully saturated rings. The van der Waals surface area contributed by atoms with Crippen molar-refractivity contribution < 1.29 is 9.59 Å². The van der Waals surface area contributed by atoms with E-state index in [2.05, 4.69) is 31.0 Å². The van der Waals surface area contributed by atoms with E-state index < -0.39 is 5.54 Å². The van der Waals surface area contributed by atoms with Gasteiger partial charge in [0.05, 0.1) is 0 Å². The molecule has 0 aromatic rings. The number of rotatable bonds is 6. The van der Waals surface area contributed by atoms with Crippen molar-refractivity contribution in [1.29, 1.82) is 0 Å². The molecule has 0 saturated carbocycles. The van der Waals surface area contributed by atoms with E-state index in [0.29, 0.717) is 12.5 Å². The number of urea groups is 1. The van der Waals surface area contributed by atoms with E-state index in [-0.39, 0.29) is 11.9 Å². The summed E-state index contributed by atoms with van der Waals surface area (Å²) in [6.07, 6.45) is 4.56. The van der Waals surface area contributed by atoms with Crippen LogP contribution in [0.25, 0.3) is 0 Å². The van der Waals surface area contributed by atoms with Crippen LogP contribution < -0.4 is 5.32 Å². The van der Waals surface area contributed by atoms with E-state index in [1.54, 1.807) is 0 Å². The van der Waals surface area contributed by atoms with Gasteiger partial charge in [0.1, 0.15) is 5.54 Å². The molecule has 0 atom stereocenters. The Labute approximate surface area is 128 Å². The summed E-state index contributed by atoms with van der Waals surface area (Å²) in [5, 5.41) is 2.98. The summed E-state index contributed by atoms with van der Waals surface area (Å²) in [6.45, 7) is 9.97. The summed E-state index contributed by atoms with van der Waals surface area (Å²) in [5.74, 6) is 0.645. The number of hydrogen-bond acceptors (Lipinski definition) is 3. The van der Waals surface area contributed by atoms with Crippen LogP contribution in [0.1, 0.15) is 52.9 Å². The van der Waals surface area contributed by atoms with Gasteiger partial charge in [0.2, 0.25) is 0 Å². The summed E-state index contributed by atoms with van der Waals surface area (Å²) in [7, 11) is 0. The quantitative estimate of drug-likeness (QED) is 0.604. The summed E-state index contributed by atoms with van der Waals surface area (Å²) in [4.78, 5) is 28.6. The van der Waals surface area contributed by atoms with Gasteiger partial charge in [-0.05, 0) is 25.2 Å². The van der Waals surface area contributed by atoms with Crippen LogP contribution in [-0.4, -0.2) is 53.5 Å². The molecule has 2 heterocycles. The number of nitrogens with zero attached hydrogens (tertiary/aromatic N) is 2. The molecule has 2 aliphatic heterocycles. The first-order valence-electron chi connectivity index (χ1n) is 8.35. The third-order valence-corrected chi connectivity index (χ3v) is 4.56. The number of nitrogens with one attached hydrogen (secondary N) is 1. The van der Waals surface area contributed by atoms with Gasteiger partial charge in [0.15, 0.2) is 0 Å². The fraction of sp³-hybridized carbons (Fsp3) is 0.875. The van der Waals surface area contributed by atoms with Crippen molar-refractivity contribution in [2.75, 3.05) is 26.2 Å². The topological polar surface area (TPSA) is 52.7 Å². The molecule has 3 amide bonds. The number of carbonyl (C=O) groups excluding carboxylic acids is 2. The van der Waals surface area contributed by atoms with E-state index in [9.17, 15) is 9.59 Å². The molecular formula is C16H29N3O2. The molecular weight excluding hydrogens is 266 g/mol. The minimum Gasteiger partial charge on any atom is -0.323 e. The van der Waals surface area contributed by atoms with Crippen molar-refractivity contribution in [3.05, 3.63) is 0 Å². The fourth-order valence-electron chi connectivity index (χ4n) is 3.37.